The van der Waals surface area contributed by atoms with Crippen molar-refractivity contribution >= 4 is 35.5 Å². The molecule has 32 heavy (non-hydrogen) atoms. The molecule has 2 rings (SSSR count). The number of aliphatic hydroxyl groups excluding tert-OH is 2. The molecule has 0 amide bonds. The minimum atomic E-state index is -4.62. The first-order valence-electron chi connectivity index (χ1n) is 10.7. The first kappa shape index (κ1) is 29.6. The average molecular weight is 476 g/mol. The van der Waals surface area contributed by atoms with Gasteiger partial charge in [0.05, 0.1) is 23.7 Å². The molecule has 2 fully saturated rings. The third kappa shape index (κ3) is 6.79. The summed E-state index contributed by atoms with van der Waals surface area (Å²) in [5.41, 5.74) is -2.33. The van der Waals surface area contributed by atoms with E-state index in [2.05, 4.69) is 0 Å². The molecule has 0 spiro atoms. The zero-order chi connectivity index (χ0) is 23.4. The number of fused-ring (bicyclic) bond motifs is 1. The maximum absolute atomic E-state index is 15.0. The summed E-state index contributed by atoms with van der Waals surface area (Å²) in [5, 5.41) is 29.3. The van der Waals surface area contributed by atoms with Crippen LogP contribution >= 0.6 is 0 Å². The van der Waals surface area contributed by atoms with Gasteiger partial charge >= 0.3 is 41.7 Å². The van der Waals surface area contributed by atoms with Crippen LogP contribution in [0.3, 0.4) is 0 Å². The van der Waals surface area contributed by atoms with E-state index in [1.54, 1.807) is 6.92 Å². The van der Waals surface area contributed by atoms with Crippen LogP contribution in [0.1, 0.15) is 52.4 Å². The van der Waals surface area contributed by atoms with Crippen molar-refractivity contribution in [3.05, 3.63) is 24.3 Å². The van der Waals surface area contributed by atoms with Crippen molar-refractivity contribution in [3.63, 3.8) is 0 Å². The number of aliphatic carboxylic acids is 1. The fourth-order valence-corrected chi connectivity index (χ4v) is 4.41. The number of allylic oxidation sites excluding steroid dienone is 1. The fraction of sp³-hybridized carbons (Fsp3) is 0.773. The molecule has 8 atom stereocenters. The number of carbonyl (C=O) groups is 1. The Morgan fingerprint density at radius 2 is 1.94 bits per heavy atom. The van der Waals surface area contributed by atoms with Crippen molar-refractivity contribution in [1.29, 1.82) is 0 Å². The number of unbranched alkanes of at least 4 members (excludes halogenated alkanes) is 1. The topological polar surface area (TPSA) is 87.0 Å². The molecule has 0 bridgehead atoms. The van der Waals surface area contributed by atoms with Gasteiger partial charge in [-0.25, -0.2) is 4.39 Å². The van der Waals surface area contributed by atoms with Crippen LogP contribution in [0, 0.1) is 17.3 Å². The van der Waals surface area contributed by atoms with Gasteiger partial charge < -0.3 is 20.1 Å². The fourth-order valence-electron chi connectivity index (χ4n) is 4.41. The summed E-state index contributed by atoms with van der Waals surface area (Å²) in [7, 11) is 0. The average Bonchev–Trinajstić information content (AvgIpc) is 3.14. The van der Waals surface area contributed by atoms with E-state index in [9.17, 15) is 32.6 Å². The minimum absolute atomic E-state index is 0. The van der Waals surface area contributed by atoms with Crippen LogP contribution in [0.25, 0.3) is 0 Å². The molecule has 5 nitrogen and oxygen atoms in total. The summed E-state index contributed by atoms with van der Waals surface area (Å²) in [4.78, 5) is 10.6. The van der Waals surface area contributed by atoms with Gasteiger partial charge in [0.1, 0.15) is 12.3 Å². The molecule has 10 heteroatoms. The van der Waals surface area contributed by atoms with Crippen LogP contribution in [0.2, 0.25) is 0 Å². The number of hydrogen-bond acceptors (Lipinski definition) is 4. The number of aliphatic hydroxyl groups is 2. The Balaban J connectivity index is 0.00000512. The van der Waals surface area contributed by atoms with Crippen molar-refractivity contribution in [2.24, 2.45) is 17.3 Å². The Morgan fingerprint density at radius 1 is 1.28 bits per heavy atom. The maximum atomic E-state index is 15.0. The van der Waals surface area contributed by atoms with E-state index in [-0.39, 0.29) is 55.2 Å². The number of hydrogen-bond donors (Lipinski definition) is 3. The molecule has 0 radical (unpaired) electrons. The second-order valence-electron chi connectivity index (χ2n) is 8.75. The van der Waals surface area contributed by atoms with E-state index >= 15 is 0 Å². The zero-order valence-corrected chi connectivity index (χ0v) is 17.8. The number of rotatable bonds is 10. The molecule has 0 aromatic carbocycles. The Bertz CT molecular complexity index is 671. The van der Waals surface area contributed by atoms with Gasteiger partial charge in [-0.2, -0.15) is 13.2 Å². The molecule has 1 saturated heterocycles. The van der Waals surface area contributed by atoms with Gasteiger partial charge in [0.15, 0.2) is 0 Å². The second kappa shape index (κ2) is 12.3. The van der Waals surface area contributed by atoms with Crippen molar-refractivity contribution < 1.29 is 42.4 Å². The van der Waals surface area contributed by atoms with Crippen molar-refractivity contribution in [3.8, 4) is 0 Å². The molecule has 1 heterocycles. The van der Waals surface area contributed by atoms with E-state index < -0.39 is 60.0 Å². The Labute approximate surface area is 208 Å². The summed E-state index contributed by atoms with van der Waals surface area (Å²) in [6.07, 6.45) is -4.22. The second-order valence-corrected chi connectivity index (χ2v) is 8.75. The van der Waals surface area contributed by atoms with E-state index in [0.29, 0.717) is 12.8 Å². The number of carboxylic acids is 1. The normalized spacial score (nSPS) is 33.2. The van der Waals surface area contributed by atoms with Crippen molar-refractivity contribution in [2.75, 3.05) is 0 Å². The molecule has 0 aromatic heterocycles. The molecule has 3 N–H and O–H groups in total. The van der Waals surface area contributed by atoms with Crippen LogP contribution in [-0.2, 0) is 9.53 Å². The zero-order valence-electron chi connectivity index (χ0n) is 17.8. The van der Waals surface area contributed by atoms with E-state index in [1.165, 1.54) is 18.2 Å². The number of halogens is 4. The third-order valence-corrected chi connectivity index (χ3v) is 6.52. The molecular weight excluding hydrogens is 443 g/mol. The number of carboxylic acid groups (broad SMARTS) is 1. The molecule has 3 unspecified atom stereocenters. The quantitative estimate of drug-likeness (QED) is 0.255. The first-order valence-corrected chi connectivity index (χ1v) is 10.7. The molecule has 180 valence electrons. The summed E-state index contributed by atoms with van der Waals surface area (Å²) < 4.78 is 61.5. The molecule has 0 aromatic rings. The van der Waals surface area contributed by atoms with E-state index in [4.69, 9.17) is 9.84 Å². The SMILES string of the molecule is CCCCC(C)([C@H](O)/C=C/[C@@H]1[C@H]2C(F)C(/C=C/CCC(=O)O)O[C@H]2C[C@H]1O)C(F)(F)F.[NaH]. The van der Waals surface area contributed by atoms with Gasteiger partial charge in [0.25, 0.3) is 0 Å². The predicted molar refractivity (Wildman–Crippen MR) is 113 cm³/mol. The molecule has 2 aliphatic rings. The van der Waals surface area contributed by atoms with Crippen molar-refractivity contribution in [2.45, 2.75) is 89.1 Å². The Hall–Kier alpha value is -0.450. The molecule has 1 saturated carbocycles. The Kier molecular flexibility index (Phi) is 11.4. The van der Waals surface area contributed by atoms with Crippen LogP contribution < -0.4 is 0 Å². The monoisotopic (exact) mass is 476 g/mol. The first-order chi connectivity index (χ1) is 14.4. The van der Waals surface area contributed by atoms with Crippen molar-refractivity contribution in [1.82, 2.24) is 0 Å². The summed E-state index contributed by atoms with van der Waals surface area (Å²) in [6, 6.07) is 0. The van der Waals surface area contributed by atoms with E-state index in [1.807, 2.05) is 0 Å². The van der Waals surface area contributed by atoms with Crippen LogP contribution in [0.15, 0.2) is 24.3 Å². The summed E-state index contributed by atoms with van der Waals surface area (Å²) >= 11 is 0. The number of ether oxygens (including phenoxy) is 1. The van der Waals surface area contributed by atoms with Gasteiger partial charge in [0.2, 0.25) is 0 Å². The van der Waals surface area contributed by atoms with Crippen LogP contribution in [0.5, 0.6) is 0 Å². The van der Waals surface area contributed by atoms with Gasteiger partial charge in [-0.05, 0) is 19.8 Å². The predicted octanol–water partition coefficient (Wildman–Crippen LogP) is 3.54. The summed E-state index contributed by atoms with van der Waals surface area (Å²) in [6.45, 7) is 2.74. The van der Waals surface area contributed by atoms with E-state index in [0.717, 1.165) is 13.0 Å². The number of alkyl halides is 4. The van der Waals surface area contributed by atoms with Gasteiger partial charge in [0, 0.05) is 24.7 Å². The Morgan fingerprint density at radius 3 is 2.50 bits per heavy atom. The van der Waals surface area contributed by atoms with Crippen LogP contribution in [0.4, 0.5) is 17.6 Å². The third-order valence-electron chi connectivity index (χ3n) is 6.52. The van der Waals surface area contributed by atoms with Gasteiger partial charge in [-0.1, -0.05) is 44.1 Å². The van der Waals surface area contributed by atoms with Gasteiger partial charge in [-0.15, -0.1) is 0 Å². The van der Waals surface area contributed by atoms with Crippen LogP contribution in [-0.4, -0.2) is 87.6 Å². The standard InChI is InChI=1S/C22H32F4O5.Na.H/c1-3-4-11-21(2,22(24,25)26)17(28)10-9-13-14(27)12-16-19(13)20(23)15(31-16)7-5-6-8-18(29)30;;/h5,7,9-10,13-17,19-20,27-28H,3-4,6,8,11-12H2,1-2H3,(H,29,30);;/b7-5+,10-9+;;/t13-,14+,15?,16-,17+,19+,20?,21?;;/m0../s1. The molecule has 1 aliphatic carbocycles. The van der Waals surface area contributed by atoms with Gasteiger partial charge in [-0.3, -0.25) is 4.79 Å². The summed E-state index contributed by atoms with van der Waals surface area (Å²) in [5.74, 6) is -2.50. The molecular formula is C22H33F4NaO5. The molecule has 1 aliphatic heterocycles.